The van der Waals surface area contributed by atoms with Crippen molar-refractivity contribution in [2.24, 2.45) is 10.8 Å². The largest absolute Gasteiger partial charge is 0.355 e. The Morgan fingerprint density at radius 1 is 0.643 bits per heavy atom. The zero-order chi connectivity index (χ0) is 29.7. The molecule has 0 aliphatic carbocycles. The number of hydrogen-bond donors (Lipinski definition) is 1. The Morgan fingerprint density at radius 3 is 2.07 bits per heavy atom. The van der Waals surface area contributed by atoms with Gasteiger partial charge in [0.25, 0.3) is 0 Å². The Kier molecular flexibility index (Phi) is 9.07. The molecule has 0 radical (unpaired) electrons. The average Bonchev–Trinajstić information content (AvgIpc) is 3.00. The molecule has 0 spiro atoms. The van der Waals surface area contributed by atoms with Crippen LogP contribution in [0.25, 0.3) is 21.5 Å². The third-order valence-corrected chi connectivity index (χ3v) is 9.96. The minimum atomic E-state index is 0.169. The summed E-state index contributed by atoms with van der Waals surface area (Å²) in [5.41, 5.74) is 7.12. The van der Waals surface area contributed by atoms with Crippen LogP contribution in [0.2, 0.25) is 0 Å². The van der Waals surface area contributed by atoms with E-state index < -0.39 is 0 Å². The molecule has 2 unspecified atom stereocenters. The highest BCUT2D eigenvalue weighted by Gasteiger charge is 2.30. The van der Waals surface area contributed by atoms with E-state index in [1.165, 1.54) is 63.2 Å². The van der Waals surface area contributed by atoms with Crippen molar-refractivity contribution in [3.05, 3.63) is 120 Å². The quantitative estimate of drug-likeness (QED) is 0.161. The predicted octanol–water partition coefficient (Wildman–Crippen LogP) is 12.3. The highest BCUT2D eigenvalue weighted by Crippen LogP contribution is 2.43. The summed E-state index contributed by atoms with van der Waals surface area (Å²) in [6.07, 6.45) is 6.93. The van der Waals surface area contributed by atoms with Crippen LogP contribution in [0, 0.1) is 10.8 Å². The van der Waals surface area contributed by atoms with Crippen LogP contribution in [0.4, 0.5) is 11.4 Å². The molecule has 5 rings (SSSR count). The van der Waals surface area contributed by atoms with Crippen molar-refractivity contribution in [1.82, 2.24) is 0 Å². The number of hydrogen-bond acceptors (Lipinski definition) is 1. The van der Waals surface area contributed by atoms with E-state index in [9.17, 15) is 0 Å². The van der Waals surface area contributed by atoms with E-state index in [4.69, 9.17) is 0 Å². The molecule has 42 heavy (non-hydrogen) atoms. The number of anilines is 2. The average molecular weight is 556 g/mol. The molecule has 0 amide bonds. The molecule has 1 N–H and O–H groups in total. The van der Waals surface area contributed by atoms with Gasteiger partial charge in [-0.25, -0.2) is 0 Å². The van der Waals surface area contributed by atoms with Gasteiger partial charge in [-0.15, -0.1) is 0 Å². The Labute approximate surface area is 254 Å². The van der Waals surface area contributed by atoms with Crippen LogP contribution < -0.4 is 5.32 Å². The molecule has 0 aliphatic rings. The van der Waals surface area contributed by atoms with E-state index in [1.54, 1.807) is 0 Å². The molecule has 0 aromatic heterocycles. The molecule has 218 valence electrons. The minimum Gasteiger partial charge on any atom is -0.355 e. The number of nitrogens with one attached hydrogen (secondary N) is 1. The highest BCUT2D eigenvalue weighted by molar-refractivity contribution is 5.96. The Balaban J connectivity index is 1.49. The monoisotopic (exact) mass is 555 g/mol. The van der Waals surface area contributed by atoms with Gasteiger partial charge in [-0.3, -0.25) is 0 Å². The summed E-state index contributed by atoms with van der Waals surface area (Å²) in [5, 5.41) is 9.15. The third kappa shape index (κ3) is 6.57. The molecule has 1 nitrogen and oxygen atoms in total. The van der Waals surface area contributed by atoms with Crippen LogP contribution in [0.3, 0.4) is 0 Å². The lowest BCUT2D eigenvalue weighted by Crippen LogP contribution is -2.23. The SMILES string of the molecule is CCCC(C)(CC)Cc1cc(Nc2cccc(CC(c3cccc4ccccc34)C(C)(C)CC)c2)c2ccccc2c1. The maximum absolute atomic E-state index is 3.86. The van der Waals surface area contributed by atoms with Crippen LogP contribution in [0.5, 0.6) is 0 Å². The first-order valence-electron chi connectivity index (χ1n) is 16.1. The van der Waals surface area contributed by atoms with Gasteiger partial charge in [0, 0.05) is 16.8 Å². The second kappa shape index (κ2) is 12.7. The molecule has 0 saturated carbocycles. The van der Waals surface area contributed by atoms with Crippen LogP contribution in [0.1, 0.15) is 89.8 Å². The zero-order valence-corrected chi connectivity index (χ0v) is 26.6. The van der Waals surface area contributed by atoms with Gasteiger partial charge in [0.15, 0.2) is 0 Å². The molecular formula is C41H49N. The Morgan fingerprint density at radius 2 is 1.33 bits per heavy atom. The van der Waals surface area contributed by atoms with Crippen LogP contribution in [-0.4, -0.2) is 0 Å². The molecule has 2 atom stereocenters. The Bertz CT molecular complexity index is 1640. The zero-order valence-electron chi connectivity index (χ0n) is 26.6. The standard InChI is InChI=1S/C41H49N/c1-7-24-41(6,9-3)29-31-25-33-18-11-13-22-36(33)39(28-31)42-34-20-14-16-30(26-34)27-38(40(4,5)8-2)37-23-15-19-32-17-10-12-21-35(32)37/h10-23,25-26,28,38,42H,7-9,24,27,29H2,1-6H3. The van der Waals surface area contributed by atoms with Gasteiger partial charge in [-0.05, 0) is 87.1 Å². The van der Waals surface area contributed by atoms with Gasteiger partial charge in [0.1, 0.15) is 0 Å². The van der Waals surface area contributed by atoms with E-state index in [0.29, 0.717) is 11.3 Å². The highest BCUT2D eigenvalue weighted by atomic mass is 14.9. The lowest BCUT2D eigenvalue weighted by molar-refractivity contribution is 0.272. The van der Waals surface area contributed by atoms with Gasteiger partial charge in [0.05, 0.1) is 0 Å². The first kappa shape index (κ1) is 29.9. The molecule has 0 bridgehead atoms. The van der Waals surface area contributed by atoms with Gasteiger partial charge in [0.2, 0.25) is 0 Å². The van der Waals surface area contributed by atoms with Crippen LogP contribution >= 0.6 is 0 Å². The maximum Gasteiger partial charge on any atom is 0.0466 e. The van der Waals surface area contributed by atoms with Gasteiger partial charge < -0.3 is 5.32 Å². The molecule has 5 aromatic carbocycles. The van der Waals surface area contributed by atoms with E-state index in [2.05, 4.69) is 150 Å². The summed E-state index contributed by atoms with van der Waals surface area (Å²) < 4.78 is 0. The van der Waals surface area contributed by atoms with E-state index in [1.807, 2.05) is 0 Å². The fourth-order valence-corrected chi connectivity index (χ4v) is 6.84. The van der Waals surface area contributed by atoms with Crippen molar-refractivity contribution in [3.8, 4) is 0 Å². The molecule has 0 saturated heterocycles. The first-order chi connectivity index (χ1) is 20.2. The summed E-state index contributed by atoms with van der Waals surface area (Å²) in [5.74, 6) is 0.415. The van der Waals surface area contributed by atoms with E-state index in [-0.39, 0.29) is 5.41 Å². The first-order valence-corrected chi connectivity index (χ1v) is 16.1. The molecule has 0 aliphatic heterocycles. The predicted molar refractivity (Wildman–Crippen MR) is 185 cm³/mol. The van der Waals surface area contributed by atoms with Gasteiger partial charge >= 0.3 is 0 Å². The summed E-state index contributed by atoms with van der Waals surface area (Å²) in [6, 6.07) is 38.4. The molecule has 0 heterocycles. The van der Waals surface area contributed by atoms with Crippen molar-refractivity contribution in [2.45, 2.75) is 86.0 Å². The topological polar surface area (TPSA) is 12.0 Å². The lowest BCUT2D eigenvalue weighted by atomic mass is 9.69. The summed E-state index contributed by atoms with van der Waals surface area (Å²) >= 11 is 0. The smallest absolute Gasteiger partial charge is 0.0466 e. The third-order valence-electron chi connectivity index (χ3n) is 9.96. The van der Waals surface area contributed by atoms with Gasteiger partial charge in [-0.2, -0.15) is 0 Å². The summed E-state index contributed by atoms with van der Waals surface area (Å²) in [6.45, 7) is 14.3. The molecule has 1 heteroatoms. The summed E-state index contributed by atoms with van der Waals surface area (Å²) in [4.78, 5) is 0. The Hall–Kier alpha value is -3.58. The molecule has 0 fully saturated rings. The van der Waals surface area contributed by atoms with E-state index >= 15 is 0 Å². The maximum atomic E-state index is 3.86. The number of fused-ring (bicyclic) bond motifs is 2. The van der Waals surface area contributed by atoms with Gasteiger partial charge in [-0.1, -0.05) is 146 Å². The molecule has 5 aromatic rings. The van der Waals surface area contributed by atoms with Crippen molar-refractivity contribution in [1.29, 1.82) is 0 Å². The molecular weight excluding hydrogens is 506 g/mol. The van der Waals surface area contributed by atoms with Crippen molar-refractivity contribution in [3.63, 3.8) is 0 Å². The van der Waals surface area contributed by atoms with Crippen LogP contribution in [-0.2, 0) is 12.8 Å². The second-order valence-corrected chi connectivity index (χ2v) is 13.4. The van der Waals surface area contributed by atoms with Crippen LogP contribution in [0.15, 0.2) is 103 Å². The second-order valence-electron chi connectivity index (χ2n) is 13.4. The van der Waals surface area contributed by atoms with Crippen molar-refractivity contribution < 1.29 is 0 Å². The fourth-order valence-electron chi connectivity index (χ4n) is 6.84. The lowest BCUT2D eigenvalue weighted by Gasteiger charge is -2.35. The number of benzene rings is 5. The van der Waals surface area contributed by atoms with Crippen molar-refractivity contribution in [2.75, 3.05) is 5.32 Å². The van der Waals surface area contributed by atoms with Crippen molar-refractivity contribution >= 4 is 32.9 Å². The summed E-state index contributed by atoms with van der Waals surface area (Å²) in [7, 11) is 0. The number of rotatable bonds is 12. The minimum absolute atomic E-state index is 0.169. The van der Waals surface area contributed by atoms with E-state index in [0.717, 1.165) is 24.9 Å². The normalized spacial score (nSPS) is 14.1. The fraction of sp³-hybridized carbons (Fsp3) is 0.366.